The van der Waals surface area contributed by atoms with Crippen molar-refractivity contribution in [3.8, 4) is 0 Å². The summed E-state index contributed by atoms with van der Waals surface area (Å²) in [6.07, 6.45) is 2.24. The van der Waals surface area contributed by atoms with E-state index in [-0.39, 0.29) is 17.9 Å². The van der Waals surface area contributed by atoms with Gasteiger partial charge in [0.05, 0.1) is 5.41 Å². The van der Waals surface area contributed by atoms with Crippen molar-refractivity contribution in [3.05, 3.63) is 29.3 Å². The van der Waals surface area contributed by atoms with Gasteiger partial charge in [-0.3, -0.25) is 9.59 Å². The van der Waals surface area contributed by atoms with Crippen LogP contribution in [-0.2, 0) is 26.2 Å². The molecule has 23 heavy (non-hydrogen) atoms. The van der Waals surface area contributed by atoms with Crippen molar-refractivity contribution in [2.24, 2.45) is 0 Å². The molecular weight excluding hydrogens is 292 g/mol. The van der Waals surface area contributed by atoms with E-state index in [0.29, 0.717) is 13.2 Å². The van der Waals surface area contributed by atoms with Crippen LogP contribution in [-0.4, -0.2) is 38.1 Å². The summed E-state index contributed by atoms with van der Waals surface area (Å²) in [4.78, 5) is 25.9. The minimum absolute atomic E-state index is 0.0149. The zero-order chi connectivity index (χ0) is 16.6. The highest BCUT2D eigenvalue weighted by Crippen LogP contribution is 2.41. The summed E-state index contributed by atoms with van der Waals surface area (Å²) >= 11 is 0. The lowest BCUT2D eigenvalue weighted by Gasteiger charge is -2.17. The molecule has 1 N–H and O–H groups in total. The van der Waals surface area contributed by atoms with Gasteiger partial charge in [-0.2, -0.15) is 0 Å². The highest BCUT2D eigenvalue weighted by molar-refractivity contribution is 6.07. The average molecular weight is 316 g/mol. The van der Waals surface area contributed by atoms with Gasteiger partial charge in [0.2, 0.25) is 11.8 Å². The van der Waals surface area contributed by atoms with Gasteiger partial charge in [-0.1, -0.05) is 12.1 Å². The van der Waals surface area contributed by atoms with Crippen molar-refractivity contribution in [1.29, 1.82) is 0 Å². The van der Waals surface area contributed by atoms with E-state index in [1.165, 1.54) is 0 Å². The maximum absolute atomic E-state index is 12.3. The predicted octanol–water partition coefficient (Wildman–Crippen LogP) is 1.78. The van der Waals surface area contributed by atoms with E-state index in [2.05, 4.69) is 11.4 Å². The van der Waals surface area contributed by atoms with E-state index in [4.69, 9.17) is 4.74 Å². The van der Waals surface area contributed by atoms with Crippen LogP contribution in [0.1, 0.15) is 37.8 Å². The number of carbonyl (C=O) groups is 2. The first-order chi connectivity index (χ1) is 10.9. The highest BCUT2D eigenvalue weighted by atomic mass is 16.5. The minimum Gasteiger partial charge on any atom is -0.368 e. The number of fused-ring (bicyclic) bond motifs is 1. The Labute approximate surface area is 137 Å². The molecule has 1 aromatic rings. The Kier molecular flexibility index (Phi) is 4.15. The molecule has 0 aliphatic carbocycles. The number of benzene rings is 1. The Morgan fingerprint density at radius 2 is 2.22 bits per heavy atom. The summed E-state index contributed by atoms with van der Waals surface area (Å²) in [7, 11) is 1.82. The van der Waals surface area contributed by atoms with Gasteiger partial charge in [-0.25, -0.2) is 0 Å². The lowest BCUT2D eigenvalue weighted by Crippen LogP contribution is -2.35. The van der Waals surface area contributed by atoms with Crippen molar-refractivity contribution in [3.63, 3.8) is 0 Å². The van der Waals surface area contributed by atoms with Crippen LogP contribution in [0.5, 0.6) is 0 Å². The van der Waals surface area contributed by atoms with Crippen LogP contribution < -0.4 is 10.2 Å². The number of ether oxygens (including phenoxy) is 1. The summed E-state index contributed by atoms with van der Waals surface area (Å²) in [6, 6.07) is 6.12. The van der Waals surface area contributed by atoms with Crippen molar-refractivity contribution < 1.29 is 14.3 Å². The number of rotatable bonds is 4. The fraction of sp³-hybridized carbons (Fsp3) is 0.556. The molecular formula is C18H24N2O3. The third-order valence-corrected chi connectivity index (χ3v) is 4.87. The molecule has 0 aromatic heterocycles. The van der Waals surface area contributed by atoms with Gasteiger partial charge in [0.25, 0.3) is 0 Å². The number of hydrogen-bond acceptors (Lipinski definition) is 3. The quantitative estimate of drug-likeness (QED) is 0.921. The minimum atomic E-state index is -0.485. The maximum atomic E-state index is 12.3. The molecule has 0 spiro atoms. The molecule has 0 radical (unpaired) electrons. The van der Waals surface area contributed by atoms with E-state index in [1.54, 1.807) is 4.90 Å². The molecule has 0 bridgehead atoms. The molecule has 1 fully saturated rings. The van der Waals surface area contributed by atoms with E-state index in [0.717, 1.165) is 36.1 Å². The van der Waals surface area contributed by atoms with Gasteiger partial charge in [-0.05, 0) is 50.3 Å². The van der Waals surface area contributed by atoms with Crippen LogP contribution in [0, 0.1) is 0 Å². The normalized spacial score (nSPS) is 22.3. The van der Waals surface area contributed by atoms with Crippen molar-refractivity contribution in [2.45, 2.75) is 44.6 Å². The highest BCUT2D eigenvalue weighted by Gasteiger charge is 2.42. The van der Waals surface area contributed by atoms with Crippen LogP contribution in [0.2, 0.25) is 0 Å². The summed E-state index contributed by atoms with van der Waals surface area (Å²) in [5, 5.41) is 2.94. The van der Waals surface area contributed by atoms with Crippen LogP contribution in [0.25, 0.3) is 0 Å². The summed E-state index contributed by atoms with van der Waals surface area (Å²) in [5.74, 6) is 0.107. The first-order valence-corrected chi connectivity index (χ1v) is 8.22. The van der Waals surface area contributed by atoms with Crippen LogP contribution in [0.3, 0.4) is 0 Å². The van der Waals surface area contributed by atoms with Crippen molar-refractivity contribution in [1.82, 2.24) is 5.32 Å². The van der Waals surface area contributed by atoms with Gasteiger partial charge in [0.1, 0.15) is 6.10 Å². The number of nitrogens with zero attached hydrogens (tertiary/aromatic N) is 1. The third kappa shape index (κ3) is 2.85. The second-order valence-electron chi connectivity index (χ2n) is 6.88. The Morgan fingerprint density at radius 1 is 1.43 bits per heavy atom. The number of nitrogens with one attached hydrogen (secondary N) is 1. The topological polar surface area (TPSA) is 58.6 Å². The Morgan fingerprint density at radius 3 is 2.91 bits per heavy atom. The molecule has 2 aliphatic heterocycles. The maximum Gasteiger partial charge on any atom is 0.249 e. The first-order valence-electron chi connectivity index (χ1n) is 8.22. The second-order valence-corrected chi connectivity index (χ2v) is 6.88. The molecule has 5 nitrogen and oxygen atoms in total. The Balaban J connectivity index is 1.63. The first kappa shape index (κ1) is 16.0. The zero-order valence-corrected chi connectivity index (χ0v) is 14.0. The Hall–Kier alpha value is -1.88. The van der Waals surface area contributed by atoms with Crippen molar-refractivity contribution in [2.75, 3.05) is 25.1 Å². The number of hydrogen-bond donors (Lipinski definition) is 1. The fourth-order valence-corrected chi connectivity index (χ4v) is 3.40. The molecule has 1 atom stereocenters. The van der Waals surface area contributed by atoms with Gasteiger partial charge in [-0.15, -0.1) is 0 Å². The molecule has 1 aromatic carbocycles. The van der Waals surface area contributed by atoms with Gasteiger partial charge < -0.3 is 15.0 Å². The second kappa shape index (κ2) is 5.96. The monoisotopic (exact) mass is 316 g/mol. The van der Waals surface area contributed by atoms with Gasteiger partial charge >= 0.3 is 0 Å². The number of amides is 2. The fourth-order valence-electron chi connectivity index (χ4n) is 3.40. The van der Waals surface area contributed by atoms with Crippen LogP contribution >= 0.6 is 0 Å². The number of likely N-dealkylation sites (N-methyl/N-ethyl adjacent to an activating group) is 1. The molecule has 5 heteroatoms. The summed E-state index contributed by atoms with van der Waals surface area (Å²) < 4.78 is 5.37. The molecule has 0 saturated carbocycles. The van der Waals surface area contributed by atoms with Crippen LogP contribution in [0.4, 0.5) is 5.69 Å². The van der Waals surface area contributed by atoms with Gasteiger partial charge in [0.15, 0.2) is 0 Å². The number of carbonyl (C=O) groups excluding carboxylic acids is 2. The van der Waals surface area contributed by atoms with Crippen molar-refractivity contribution >= 4 is 17.5 Å². The molecule has 2 heterocycles. The average Bonchev–Trinajstić information content (AvgIpc) is 3.12. The molecule has 2 aliphatic rings. The smallest absolute Gasteiger partial charge is 0.249 e. The summed E-state index contributed by atoms with van der Waals surface area (Å²) in [6.45, 7) is 5.18. The molecule has 3 rings (SSSR count). The predicted molar refractivity (Wildman–Crippen MR) is 88.6 cm³/mol. The zero-order valence-electron chi connectivity index (χ0n) is 14.0. The molecule has 124 valence electrons. The third-order valence-electron chi connectivity index (χ3n) is 4.87. The SMILES string of the molecule is CN1C(=O)C(C)(C)c2cc(CCNC(=O)C3CCCO3)ccc21. The van der Waals surface area contributed by atoms with E-state index < -0.39 is 5.41 Å². The lowest BCUT2D eigenvalue weighted by molar-refractivity contribution is -0.130. The standard InChI is InChI=1S/C18H24N2O3/c1-18(2)13-11-12(6-7-14(13)20(3)17(18)22)8-9-19-16(21)15-5-4-10-23-15/h6-7,11,15H,4-5,8-10H2,1-3H3,(H,19,21). The molecule has 2 amide bonds. The molecule has 1 unspecified atom stereocenters. The summed E-state index contributed by atoms with van der Waals surface area (Å²) in [5.41, 5.74) is 2.69. The molecule has 1 saturated heterocycles. The number of anilines is 1. The van der Waals surface area contributed by atoms with E-state index >= 15 is 0 Å². The van der Waals surface area contributed by atoms with Crippen LogP contribution in [0.15, 0.2) is 18.2 Å². The Bertz CT molecular complexity index is 633. The van der Waals surface area contributed by atoms with E-state index in [1.807, 2.05) is 33.0 Å². The van der Waals surface area contributed by atoms with Gasteiger partial charge in [0, 0.05) is 25.9 Å². The largest absolute Gasteiger partial charge is 0.368 e. The lowest BCUT2D eigenvalue weighted by atomic mass is 9.85. The van der Waals surface area contributed by atoms with E-state index in [9.17, 15) is 9.59 Å².